The Hall–Kier alpha value is -1.76. The van der Waals surface area contributed by atoms with Gasteiger partial charge in [-0.2, -0.15) is 4.98 Å². The zero-order valence-corrected chi connectivity index (χ0v) is 11.7. The van der Waals surface area contributed by atoms with Gasteiger partial charge in [0.05, 0.1) is 23.9 Å². The summed E-state index contributed by atoms with van der Waals surface area (Å²) >= 11 is 1.52. The Labute approximate surface area is 115 Å². The molecule has 2 heterocycles. The highest BCUT2D eigenvalue weighted by atomic mass is 32.1. The molecule has 0 amide bonds. The van der Waals surface area contributed by atoms with Crippen molar-refractivity contribution in [2.75, 3.05) is 23.8 Å². The fraction of sp³-hybridized carbons (Fsp3) is 0.417. The summed E-state index contributed by atoms with van der Waals surface area (Å²) in [5, 5.41) is 4.98. The Morgan fingerprint density at radius 2 is 2.26 bits per heavy atom. The van der Waals surface area contributed by atoms with Crippen LogP contribution in [0.5, 0.6) is 0 Å². The topological polar surface area (TPSA) is 53.9 Å². The van der Waals surface area contributed by atoms with Gasteiger partial charge < -0.3 is 10.2 Å². The molecule has 0 bridgehead atoms. The standard InChI is InChI=1S/C12H16FN5S/c1-3-4-14-12-15-5-10(13)11(17-12)18(2)6-9-7-19-8-16-9/h5,7-8H,3-4,6H2,1-2H3,(H,14,15,17). The predicted molar refractivity (Wildman–Crippen MR) is 75.0 cm³/mol. The van der Waals surface area contributed by atoms with Crippen LogP contribution in [0.15, 0.2) is 17.1 Å². The summed E-state index contributed by atoms with van der Waals surface area (Å²) in [4.78, 5) is 14.0. The van der Waals surface area contributed by atoms with E-state index in [0.29, 0.717) is 12.5 Å². The lowest BCUT2D eigenvalue weighted by atomic mass is 10.4. The summed E-state index contributed by atoms with van der Waals surface area (Å²) in [7, 11) is 1.79. The fourth-order valence-electron chi connectivity index (χ4n) is 1.58. The van der Waals surface area contributed by atoms with Gasteiger partial charge in [-0.3, -0.25) is 0 Å². The number of anilines is 2. The first-order valence-electron chi connectivity index (χ1n) is 6.05. The minimum atomic E-state index is -0.431. The van der Waals surface area contributed by atoms with E-state index in [1.165, 1.54) is 17.5 Å². The first-order chi connectivity index (χ1) is 9.20. The minimum Gasteiger partial charge on any atom is -0.354 e. The largest absolute Gasteiger partial charge is 0.354 e. The van der Waals surface area contributed by atoms with Crippen LogP contribution in [0, 0.1) is 5.82 Å². The van der Waals surface area contributed by atoms with Gasteiger partial charge in [-0.15, -0.1) is 11.3 Å². The zero-order chi connectivity index (χ0) is 13.7. The van der Waals surface area contributed by atoms with Crippen LogP contribution in [0.4, 0.5) is 16.2 Å². The monoisotopic (exact) mass is 281 g/mol. The van der Waals surface area contributed by atoms with Gasteiger partial charge in [-0.05, 0) is 6.42 Å². The highest BCUT2D eigenvalue weighted by Gasteiger charge is 2.12. The van der Waals surface area contributed by atoms with E-state index in [1.807, 2.05) is 12.3 Å². The molecule has 0 aliphatic rings. The number of rotatable bonds is 6. The predicted octanol–water partition coefficient (Wildman–Crippen LogP) is 2.53. The van der Waals surface area contributed by atoms with Crippen molar-refractivity contribution >= 4 is 23.1 Å². The van der Waals surface area contributed by atoms with Gasteiger partial charge in [-0.1, -0.05) is 6.92 Å². The molecule has 102 valence electrons. The first kappa shape index (κ1) is 13.7. The first-order valence-corrected chi connectivity index (χ1v) is 6.99. The van der Waals surface area contributed by atoms with E-state index < -0.39 is 5.82 Å². The molecule has 2 aromatic heterocycles. The summed E-state index contributed by atoms with van der Waals surface area (Å²) < 4.78 is 13.8. The Kier molecular flexibility index (Phi) is 4.62. The number of thiazole rings is 1. The zero-order valence-electron chi connectivity index (χ0n) is 10.9. The second kappa shape index (κ2) is 6.42. The van der Waals surface area contributed by atoms with E-state index in [1.54, 1.807) is 17.5 Å². The maximum Gasteiger partial charge on any atom is 0.224 e. The number of nitrogens with zero attached hydrogens (tertiary/aromatic N) is 4. The van der Waals surface area contributed by atoms with Crippen molar-refractivity contribution in [1.29, 1.82) is 0 Å². The molecule has 1 N–H and O–H groups in total. The van der Waals surface area contributed by atoms with Gasteiger partial charge in [0.15, 0.2) is 11.6 Å². The van der Waals surface area contributed by atoms with E-state index in [4.69, 9.17) is 0 Å². The molecule has 2 rings (SSSR count). The number of aromatic nitrogens is 3. The summed E-state index contributed by atoms with van der Waals surface area (Å²) in [5.41, 5.74) is 2.65. The van der Waals surface area contributed by atoms with Crippen molar-refractivity contribution in [2.24, 2.45) is 0 Å². The normalized spacial score (nSPS) is 10.5. The Balaban J connectivity index is 2.13. The molecule has 19 heavy (non-hydrogen) atoms. The molecule has 0 saturated heterocycles. The fourth-order valence-corrected chi connectivity index (χ4v) is 2.13. The maximum atomic E-state index is 13.8. The SMILES string of the molecule is CCCNc1ncc(F)c(N(C)Cc2cscn2)n1. The van der Waals surface area contributed by atoms with Gasteiger partial charge >= 0.3 is 0 Å². The Morgan fingerprint density at radius 1 is 1.42 bits per heavy atom. The molecular weight excluding hydrogens is 265 g/mol. The van der Waals surface area contributed by atoms with Crippen molar-refractivity contribution in [3.63, 3.8) is 0 Å². The Bertz CT molecular complexity index is 517. The quantitative estimate of drug-likeness (QED) is 0.881. The molecule has 0 fully saturated rings. The average molecular weight is 281 g/mol. The molecule has 2 aromatic rings. The molecular formula is C12H16FN5S. The van der Waals surface area contributed by atoms with Crippen molar-refractivity contribution in [2.45, 2.75) is 19.9 Å². The summed E-state index contributed by atoms with van der Waals surface area (Å²) in [5.74, 6) is 0.296. The summed E-state index contributed by atoms with van der Waals surface area (Å²) in [6.07, 6.45) is 2.16. The third-order valence-corrected chi connectivity index (χ3v) is 3.14. The van der Waals surface area contributed by atoms with Crippen molar-refractivity contribution in [3.8, 4) is 0 Å². The molecule has 0 radical (unpaired) electrons. The molecule has 0 unspecified atom stereocenters. The van der Waals surface area contributed by atoms with Gasteiger partial charge in [0.25, 0.3) is 0 Å². The molecule has 0 aliphatic heterocycles. The Morgan fingerprint density at radius 3 is 2.95 bits per heavy atom. The molecule has 0 atom stereocenters. The molecule has 0 saturated carbocycles. The second-order valence-corrected chi connectivity index (χ2v) is 4.85. The second-order valence-electron chi connectivity index (χ2n) is 4.13. The lowest BCUT2D eigenvalue weighted by Crippen LogP contribution is -2.20. The number of hydrogen-bond donors (Lipinski definition) is 1. The molecule has 0 spiro atoms. The summed E-state index contributed by atoms with van der Waals surface area (Å²) in [6.45, 7) is 3.33. The third-order valence-electron chi connectivity index (χ3n) is 2.50. The van der Waals surface area contributed by atoms with Gasteiger partial charge in [0.1, 0.15) is 0 Å². The van der Waals surface area contributed by atoms with Crippen molar-refractivity contribution < 1.29 is 4.39 Å². The van der Waals surface area contributed by atoms with Crippen molar-refractivity contribution in [3.05, 3.63) is 28.6 Å². The number of hydrogen-bond acceptors (Lipinski definition) is 6. The van der Waals surface area contributed by atoms with Gasteiger partial charge in [0.2, 0.25) is 5.95 Å². The average Bonchev–Trinajstić information content (AvgIpc) is 2.90. The maximum absolute atomic E-state index is 13.8. The van der Waals surface area contributed by atoms with Crippen LogP contribution in [-0.4, -0.2) is 28.5 Å². The molecule has 0 aromatic carbocycles. The third kappa shape index (κ3) is 3.60. The smallest absolute Gasteiger partial charge is 0.224 e. The van der Waals surface area contributed by atoms with Crippen LogP contribution in [0.2, 0.25) is 0 Å². The van der Waals surface area contributed by atoms with E-state index >= 15 is 0 Å². The minimum absolute atomic E-state index is 0.279. The molecule has 5 nitrogen and oxygen atoms in total. The lowest BCUT2D eigenvalue weighted by molar-refractivity contribution is 0.607. The van der Waals surface area contributed by atoms with Crippen LogP contribution in [0.25, 0.3) is 0 Å². The van der Waals surface area contributed by atoms with Crippen LogP contribution in [0.3, 0.4) is 0 Å². The van der Waals surface area contributed by atoms with Gasteiger partial charge in [0, 0.05) is 19.0 Å². The van der Waals surface area contributed by atoms with Crippen LogP contribution in [-0.2, 0) is 6.54 Å². The van der Waals surface area contributed by atoms with Crippen LogP contribution >= 0.6 is 11.3 Å². The highest BCUT2D eigenvalue weighted by molar-refractivity contribution is 7.07. The number of nitrogens with one attached hydrogen (secondary N) is 1. The highest BCUT2D eigenvalue weighted by Crippen LogP contribution is 2.18. The van der Waals surface area contributed by atoms with E-state index in [9.17, 15) is 4.39 Å². The molecule has 7 heteroatoms. The lowest BCUT2D eigenvalue weighted by Gasteiger charge is -2.18. The van der Waals surface area contributed by atoms with E-state index in [0.717, 1.165) is 18.7 Å². The molecule has 0 aliphatic carbocycles. The van der Waals surface area contributed by atoms with E-state index in [2.05, 4.69) is 20.3 Å². The van der Waals surface area contributed by atoms with E-state index in [-0.39, 0.29) is 5.82 Å². The number of halogens is 1. The van der Waals surface area contributed by atoms with Crippen LogP contribution < -0.4 is 10.2 Å². The van der Waals surface area contributed by atoms with Gasteiger partial charge in [-0.25, -0.2) is 14.4 Å². The summed E-state index contributed by atoms with van der Waals surface area (Å²) in [6, 6.07) is 0. The van der Waals surface area contributed by atoms with Crippen LogP contribution in [0.1, 0.15) is 19.0 Å². The van der Waals surface area contributed by atoms with Crippen molar-refractivity contribution in [1.82, 2.24) is 15.0 Å².